The molecule has 0 aliphatic carbocycles. The Hall–Kier alpha value is -2.15. The maximum atomic E-state index is 10.5. The van der Waals surface area contributed by atoms with Gasteiger partial charge in [0.05, 0.1) is 15.9 Å². The van der Waals surface area contributed by atoms with E-state index in [4.69, 9.17) is 28.3 Å². The molecule has 3 aromatic rings. The van der Waals surface area contributed by atoms with Crippen molar-refractivity contribution in [1.82, 2.24) is 9.97 Å². The van der Waals surface area contributed by atoms with E-state index in [0.29, 0.717) is 21.6 Å². The van der Waals surface area contributed by atoms with E-state index >= 15 is 0 Å². The van der Waals surface area contributed by atoms with E-state index in [-0.39, 0.29) is 6.42 Å². The van der Waals surface area contributed by atoms with Crippen molar-refractivity contribution in [1.29, 1.82) is 0 Å². The van der Waals surface area contributed by atoms with E-state index in [1.54, 1.807) is 12.3 Å². The van der Waals surface area contributed by atoms with Gasteiger partial charge in [-0.3, -0.25) is 4.79 Å². The van der Waals surface area contributed by atoms with Gasteiger partial charge in [-0.1, -0.05) is 41.4 Å². The van der Waals surface area contributed by atoms with Crippen LogP contribution >= 0.6 is 34.5 Å². The van der Waals surface area contributed by atoms with Gasteiger partial charge < -0.3 is 10.4 Å². The molecule has 0 saturated heterocycles. The molecule has 0 aliphatic heterocycles. The van der Waals surface area contributed by atoms with Crippen molar-refractivity contribution in [3.05, 3.63) is 52.2 Å². The van der Waals surface area contributed by atoms with Crippen molar-refractivity contribution < 1.29 is 9.90 Å². The van der Waals surface area contributed by atoms with E-state index < -0.39 is 5.97 Å². The predicted molar refractivity (Wildman–Crippen MR) is 103 cm³/mol. The van der Waals surface area contributed by atoms with Crippen LogP contribution in [0.3, 0.4) is 0 Å². The maximum absolute atomic E-state index is 10.5. The Morgan fingerprint density at radius 3 is 2.88 bits per heavy atom. The van der Waals surface area contributed by atoms with Crippen molar-refractivity contribution in [3.8, 4) is 10.4 Å². The quantitative estimate of drug-likeness (QED) is 0.581. The van der Waals surface area contributed by atoms with Crippen molar-refractivity contribution in [2.45, 2.75) is 12.8 Å². The van der Waals surface area contributed by atoms with Crippen molar-refractivity contribution in [3.63, 3.8) is 0 Å². The number of nitrogens with one attached hydrogen (secondary N) is 1. The molecule has 0 unspecified atom stereocenters. The molecular weight excluding hydrogens is 381 g/mol. The molecule has 3 rings (SSSR count). The molecule has 25 heavy (non-hydrogen) atoms. The summed E-state index contributed by atoms with van der Waals surface area (Å²) in [4.78, 5) is 20.1. The number of carbonyl (C=O) groups is 1. The molecule has 0 amide bonds. The smallest absolute Gasteiger partial charge is 0.303 e. The number of carboxylic acid groups (broad SMARTS) is 1. The minimum Gasteiger partial charge on any atom is -0.481 e. The molecular formula is C17H13Cl2N3O2S. The summed E-state index contributed by atoms with van der Waals surface area (Å²) in [5.74, 6) is -0.196. The minimum absolute atomic E-state index is 0.0835. The number of allylic oxidation sites excluding steroid dienone is 1. The highest BCUT2D eigenvalue weighted by molar-refractivity contribution is 7.20. The lowest BCUT2D eigenvalue weighted by Gasteiger charge is -2.09. The number of aromatic nitrogens is 2. The van der Waals surface area contributed by atoms with Gasteiger partial charge in [0.1, 0.15) is 16.5 Å². The van der Waals surface area contributed by atoms with Crippen LogP contribution < -0.4 is 5.32 Å². The summed E-state index contributed by atoms with van der Waals surface area (Å²) in [6.07, 6.45) is 5.45. The van der Waals surface area contributed by atoms with E-state index in [2.05, 4.69) is 15.3 Å². The Morgan fingerprint density at radius 1 is 1.32 bits per heavy atom. The third-order valence-corrected chi connectivity index (χ3v) is 5.34. The van der Waals surface area contributed by atoms with Crippen molar-refractivity contribution >= 4 is 57.2 Å². The van der Waals surface area contributed by atoms with E-state index in [1.165, 1.54) is 17.7 Å². The van der Waals surface area contributed by atoms with Gasteiger partial charge in [0.2, 0.25) is 0 Å². The van der Waals surface area contributed by atoms with Gasteiger partial charge in [-0.2, -0.15) is 0 Å². The molecule has 0 radical (unpaired) electrons. The molecule has 0 bridgehead atoms. The van der Waals surface area contributed by atoms with Crippen LogP contribution in [-0.2, 0) is 4.79 Å². The number of anilines is 1. The normalized spacial score (nSPS) is 11.3. The Bertz CT molecular complexity index is 931. The van der Waals surface area contributed by atoms with Crippen LogP contribution in [0.2, 0.25) is 9.36 Å². The average molecular weight is 394 g/mol. The zero-order valence-electron chi connectivity index (χ0n) is 12.9. The topological polar surface area (TPSA) is 75.1 Å². The summed E-state index contributed by atoms with van der Waals surface area (Å²) in [6, 6.07) is 7.60. The second-order valence-electron chi connectivity index (χ2n) is 5.13. The Kier molecular flexibility index (Phi) is 5.53. The first-order chi connectivity index (χ1) is 12.1. The number of carboxylic acids is 1. The third-order valence-electron chi connectivity index (χ3n) is 3.44. The molecule has 0 atom stereocenters. The third kappa shape index (κ3) is 4.10. The molecule has 128 valence electrons. The highest BCUT2D eigenvalue weighted by Gasteiger charge is 2.13. The number of benzene rings is 1. The molecule has 0 fully saturated rings. The maximum Gasteiger partial charge on any atom is 0.303 e. The fraction of sp³-hybridized carbons (Fsp3) is 0.118. The van der Waals surface area contributed by atoms with Gasteiger partial charge in [0.15, 0.2) is 0 Å². The molecule has 5 nitrogen and oxygen atoms in total. The second kappa shape index (κ2) is 7.82. The van der Waals surface area contributed by atoms with Crippen LogP contribution in [0.15, 0.2) is 42.9 Å². The summed E-state index contributed by atoms with van der Waals surface area (Å²) in [6.45, 7) is 0. The SMILES string of the molecule is O=C(O)CC/C=C/Nc1ncnc2cccc(-c3cc(Cl)c(Cl)s3)c12. The molecule has 0 saturated carbocycles. The highest BCUT2D eigenvalue weighted by Crippen LogP contribution is 2.41. The van der Waals surface area contributed by atoms with Crippen LogP contribution in [0.25, 0.3) is 21.3 Å². The molecule has 8 heteroatoms. The molecule has 0 spiro atoms. The standard InChI is InChI=1S/C17H13Cl2N3O2S/c18-11-8-13(25-16(11)19)10-4-3-5-12-15(10)17(22-9-21-12)20-7-2-1-6-14(23)24/h2-5,7-9H,1,6H2,(H,23,24)(H,20,21,22)/b7-2+. The number of rotatable bonds is 6. The summed E-state index contributed by atoms with van der Waals surface area (Å²) in [5.41, 5.74) is 1.72. The first-order valence-electron chi connectivity index (χ1n) is 7.38. The summed E-state index contributed by atoms with van der Waals surface area (Å²) in [7, 11) is 0. The van der Waals surface area contributed by atoms with Crippen LogP contribution in [0.1, 0.15) is 12.8 Å². The number of hydrogen-bond acceptors (Lipinski definition) is 5. The summed E-state index contributed by atoms with van der Waals surface area (Å²) >= 11 is 13.6. The number of thiophene rings is 1. The monoisotopic (exact) mass is 393 g/mol. The van der Waals surface area contributed by atoms with Gasteiger partial charge in [-0.05, 0) is 24.8 Å². The van der Waals surface area contributed by atoms with Gasteiger partial charge in [0.25, 0.3) is 0 Å². The zero-order valence-corrected chi connectivity index (χ0v) is 15.2. The first-order valence-corrected chi connectivity index (χ1v) is 8.96. The highest BCUT2D eigenvalue weighted by atomic mass is 35.5. The Morgan fingerprint density at radius 2 is 2.16 bits per heavy atom. The van der Waals surface area contributed by atoms with E-state index in [9.17, 15) is 4.79 Å². The molecule has 0 aliphatic rings. The fourth-order valence-corrected chi connectivity index (χ4v) is 3.73. The molecule has 2 aromatic heterocycles. The van der Waals surface area contributed by atoms with Crippen LogP contribution in [0.4, 0.5) is 5.82 Å². The van der Waals surface area contributed by atoms with Gasteiger partial charge in [-0.25, -0.2) is 9.97 Å². The summed E-state index contributed by atoms with van der Waals surface area (Å²) in [5, 5.41) is 13.1. The van der Waals surface area contributed by atoms with Gasteiger partial charge >= 0.3 is 5.97 Å². The van der Waals surface area contributed by atoms with E-state index in [1.807, 2.05) is 24.3 Å². The lowest BCUT2D eigenvalue weighted by Crippen LogP contribution is -1.96. The number of aliphatic carboxylic acids is 1. The fourth-order valence-electron chi connectivity index (χ4n) is 2.33. The molecule has 1 aromatic carbocycles. The molecule has 2 heterocycles. The first kappa shape index (κ1) is 17.7. The number of hydrogen-bond donors (Lipinski definition) is 2. The lowest BCUT2D eigenvalue weighted by atomic mass is 10.1. The minimum atomic E-state index is -0.828. The predicted octanol–water partition coefficient (Wildman–Crippen LogP) is 5.46. The number of nitrogens with zero attached hydrogens (tertiary/aromatic N) is 2. The Labute approximate surface area is 157 Å². The zero-order chi connectivity index (χ0) is 17.8. The van der Waals surface area contributed by atoms with Crippen molar-refractivity contribution in [2.75, 3.05) is 5.32 Å². The average Bonchev–Trinajstić information content (AvgIpc) is 2.92. The summed E-state index contributed by atoms with van der Waals surface area (Å²) < 4.78 is 0.536. The number of fused-ring (bicyclic) bond motifs is 1. The number of halogens is 2. The molecule has 2 N–H and O–H groups in total. The van der Waals surface area contributed by atoms with E-state index in [0.717, 1.165) is 21.3 Å². The van der Waals surface area contributed by atoms with Gasteiger partial charge in [0, 0.05) is 16.9 Å². The lowest BCUT2D eigenvalue weighted by molar-refractivity contribution is -0.136. The Balaban J connectivity index is 1.97. The van der Waals surface area contributed by atoms with Crippen LogP contribution in [0.5, 0.6) is 0 Å². The largest absolute Gasteiger partial charge is 0.481 e. The van der Waals surface area contributed by atoms with Crippen LogP contribution in [-0.4, -0.2) is 21.0 Å². The van der Waals surface area contributed by atoms with Gasteiger partial charge in [-0.15, -0.1) is 11.3 Å². The van der Waals surface area contributed by atoms with Crippen LogP contribution in [0, 0.1) is 0 Å². The second-order valence-corrected chi connectivity index (χ2v) is 7.19. The van der Waals surface area contributed by atoms with Crippen molar-refractivity contribution in [2.24, 2.45) is 0 Å².